The molecule has 0 fully saturated rings. The van der Waals surface area contributed by atoms with Gasteiger partial charge in [-0.05, 0) is 49.9 Å². The van der Waals surface area contributed by atoms with Crippen molar-refractivity contribution < 1.29 is 9.90 Å². The lowest BCUT2D eigenvalue weighted by molar-refractivity contribution is 0.0697. The van der Waals surface area contributed by atoms with Gasteiger partial charge in [0.25, 0.3) is 0 Å². The molecule has 0 unspecified atom stereocenters. The van der Waals surface area contributed by atoms with Crippen LogP contribution in [-0.2, 0) is 18.4 Å². The van der Waals surface area contributed by atoms with Crippen LogP contribution in [0.4, 0.5) is 0 Å². The maximum Gasteiger partial charge on any atom is 0.336 e. The average molecular weight is 406 g/mol. The van der Waals surface area contributed by atoms with Crippen LogP contribution in [-0.4, -0.2) is 25.8 Å². The van der Waals surface area contributed by atoms with E-state index in [0.29, 0.717) is 12.0 Å². The molecule has 0 aliphatic heterocycles. The van der Waals surface area contributed by atoms with E-state index in [-0.39, 0.29) is 5.54 Å². The van der Waals surface area contributed by atoms with Crippen molar-refractivity contribution in [1.82, 2.24) is 14.8 Å². The van der Waals surface area contributed by atoms with Crippen LogP contribution in [0.25, 0.3) is 11.1 Å². The number of carboxylic acid groups (broad SMARTS) is 1. The summed E-state index contributed by atoms with van der Waals surface area (Å²) in [7, 11) is 0. The van der Waals surface area contributed by atoms with Crippen LogP contribution in [0.15, 0.2) is 48.5 Å². The largest absolute Gasteiger partial charge is 0.478 e. The lowest BCUT2D eigenvalue weighted by Gasteiger charge is -2.21. The minimum Gasteiger partial charge on any atom is -0.478 e. The molecule has 5 nitrogen and oxygen atoms in total. The third-order valence-corrected chi connectivity index (χ3v) is 5.14. The maximum atomic E-state index is 11.5. The number of nitrogens with zero attached hydrogens (tertiary/aromatic N) is 3. The van der Waals surface area contributed by atoms with Crippen LogP contribution in [0.5, 0.6) is 0 Å². The number of benzene rings is 2. The number of carboxylic acids is 1. The van der Waals surface area contributed by atoms with Gasteiger partial charge in [-0.1, -0.05) is 62.2 Å². The van der Waals surface area contributed by atoms with E-state index < -0.39 is 5.97 Å². The summed E-state index contributed by atoms with van der Waals surface area (Å²) in [5.74, 6) is 0.969. The van der Waals surface area contributed by atoms with E-state index in [4.69, 9.17) is 10.1 Å². The van der Waals surface area contributed by atoms with Crippen molar-refractivity contribution in [3.63, 3.8) is 0 Å². The molecule has 0 aliphatic carbocycles. The molecule has 0 bridgehead atoms. The highest BCUT2D eigenvalue weighted by molar-refractivity contribution is 5.95. The molecule has 0 spiro atoms. The van der Waals surface area contributed by atoms with Crippen molar-refractivity contribution >= 4 is 5.97 Å². The van der Waals surface area contributed by atoms with Gasteiger partial charge < -0.3 is 5.11 Å². The normalized spacial score (nSPS) is 11.6. The predicted octanol–water partition coefficient (Wildman–Crippen LogP) is 5.72. The molecule has 1 aromatic heterocycles. The standard InChI is InChI=1S/C25H31N3O2/c1-5-6-7-12-22-26-23(28(27-22)25(2,3)4)17-18-13-15-19(16-14-18)20-10-8-9-11-21(20)24(29)30/h8-11,13-16H,5-7,12,17H2,1-4H3,(H,29,30). The zero-order valence-corrected chi connectivity index (χ0v) is 18.4. The highest BCUT2D eigenvalue weighted by atomic mass is 16.4. The minimum absolute atomic E-state index is 0.133. The van der Waals surface area contributed by atoms with Crippen LogP contribution in [0, 0.1) is 0 Å². The lowest BCUT2D eigenvalue weighted by Crippen LogP contribution is -2.25. The zero-order chi connectivity index (χ0) is 21.7. The van der Waals surface area contributed by atoms with Gasteiger partial charge in [0.15, 0.2) is 5.82 Å². The van der Waals surface area contributed by atoms with Crippen LogP contribution < -0.4 is 0 Å². The van der Waals surface area contributed by atoms with E-state index >= 15 is 0 Å². The number of aryl methyl sites for hydroxylation is 1. The summed E-state index contributed by atoms with van der Waals surface area (Å²) in [4.78, 5) is 16.3. The van der Waals surface area contributed by atoms with E-state index in [1.165, 1.54) is 12.8 Å². The number of carbonyl (C=O) groups is 1. The van der Waals surface area contributed by atoms with E-state index in [1.54, 1.807) is 12.1 Å². The van der Waals surface area contributed by atoms with Crippen LogP contribution in [0.2, 0.25) is 0 Å². The van der Waals surface area contributed by atoms with Gasteiger partial charge in [-0.3, -0.25) is 0 Å². The Labute approximate surface area is 178 Å². The molecule has 0 radical (unpaired) electrons. The first kappa shape index (κ1) is 21.8. The Morgan fingerprint density at radius 2 is 1.73 bits per heavy atom. The van der Waals surface area contributed by atoms with Crippen LogP contribution in [0.3, 0.4) is 0 Å². The Bertz CT molecular complexity index is 998. The first-order valence-electron chi connectivity index (χ1n) is 10.7. The number of rotatable bonds is 8. The molecule has 3 rings (SSSR count). The van der Waals surface area contributed by atoms with Gasteiger partial charge in [-0.15, -0.1) is 0 Å². The van der Waals surface area contributed by atoms with Gasteiger partial charge in [0.2, 0.25) is 0 Å². The Hall–Kier alpha value is -2.95. The second-order valence-corrected chi connectivity index (χ2v) is 8.71. The SMILES string of the molecule is CCCCCc1nc(Cc2ccc(-c3ccccc3C(=O)O)cc2)n(C(C)(C)C)n1. The molecule has 2 aromatic carbocycles. The van der Waals surface area contributed by atoms with E-state index in [2.05, 4.69) is 27.7 Å². The van der Waals surface area contributed by atoms with Gasteiger partial charge >= 0.3 is 5.97 Å². The molecule has 1 heterocycles. The van der Waals surface area contributed by atoms with Crippen LogP contribution >= 0.6 is 0 Å². The molecule has 5 heteroatoms. The summed E-state index contributed by atoms with van der Waals surface area (Å²) in [5.41, 5.74) is 2.94. The molecular weight excluding hydrogens is 374 g/mol. The Balaban J connectivity index is 1.84. The van der Waals surface area contributed by atoms with Crippen molar-refractivity contribution in [2.24, 2.45) is 0 Å². The van der Waals surface area contributed by atoms with Gasteiger partial charge in [-0.2, -0.15) is 5.10 Å². The Kier molecular flexibility index (Phi) is 6.70. The second-order valence-electron chi connectivity index (χ2n) is 8.71. The summed E-state index contributed by atoms with van der Waals surface area (Å²) < 4.78 is 2.04. The van der Waals surface area contributed by atoms with Gasteiger partial charge in [-0.25, -0.2) is 14.5 Å². The van der Waals surface area contributed by atoms with Crippen LogP contribution in [0.1, 0.15) is 74.5 Å². The summed E-state index contributed by atoms with van der Waals surface area (Å²) in [6.45, 7) is 8.64. The number of unbranched alkanes of at least 4 members (excludes halogenated alkanes) is 2. The summed E-state index contributed by atoms with van der Waals surface area (Å²) in [6.07, 6.45) is 5.10. The van der Waals surface area contributed by atoms with Gasteiger partial charge in [0.1, 0.15) is 5.82 Å². The smallest absolute Gasteiger partial charge is 0.336 e. The molecule has 158 valence electrons. The molecule has 0 saturated carbocycles. The molecule has 3 aromatic rings. The summed E-state index contributed by atoms with van der Waals surface area (Å²) in [5, 5.41) is 14.2. The topological polar surface area (TPSA) is 68.0 Å². The third-order valence-electron chi connectivity index (χ3n) is 5.14. The molecule has 30 heavy (non-hydrogen) atoms. The molecule has 0 atom stereocenters. The molecule has 0 amide bonds. The minimum atomic E-state index is -0.913. The Morgan fingerprint density at radius 1 is 1.03 bits per heavy atom. The molecule has 0 saturated heterocycles. The van der Waals surface area contributed by atoms with Crippen molar-refractivity contribution in [3.8, 4) is 11.1 Å². The van der Waals surface area contributed by atoms with E-state index in [0.717, 1.165) is 41.2 Å². The number of hydrogen-bond acceptors (Lipinski definition) is 3. The summed E-state index contributed by atoms with van der Waals surface area (Å²) in [6, 6.07) is 15.2. The van der Waals surface area contributed by atoms with Crippen molar-refractivity contribution in [2.45, 2.75) is 65.3 Å². The van der Waals surface area contributed by atoms with E-state index in [1.807, 2.05) is 41.1 Å². The third kappa shape index (κ3) is 5.15. The quantitative estimate of drug-likeness (QED) is 0.487. The van der Waals surface area contributed by atoms with Crippen molar-refractivity contribution in [3.05, 3.63) is 71.3 Å². The lowest BCUT2D eigenvalue weighted by atomic mass is 9.98. The average Bonchev–Trinajstić information content (AvgIpc) is 3.12. The Morgan fingerprint density at radius 3 is 2.37 bits per heavy atom. The highest BCUT2D eigenvalue weighted by Gasteiger charge is 2.21. The number of aromatic nitrogens is 3. The number of aromatic carboxylic acids is 1. The zero-order valence-electron chi connectivity index (χ0n) is 18.4. The highest BCUT2D eigenvalue weighted by Crippen LogP contribution is 2.25. The fourth-order valence-electron chi connectivity index (χ4n) is 3.59. The molecule has 1 N–H and O–H groups in total. The first-order chi connectivity index (χ1) is 14.3. The molecular formula is C25H31N3O2. The maximum absolute atomic E-state index is 11.5. The number of hydrogen-bond donors (Lipinski definition) is 1. The van der Waals surface area contributed by atoms with Gasteiger partial charge in [0, 0.05) is 12.8 Å². The summed E-state index contributed by atoms with van der Waals surface area (Å²) >= 11 is 0. The van der Waals surface area contributed by atoms with E-state index in [9.17, 15) is 9.90 Å². The fourth-order valence-corrected chi connectivity index (χ4v) is 3.59. The van der Waals surface area contributed by atoms with Crippen molar-refractivity contribution in [2.75, 3.05) is 0 Å². The van der Waals surface area contributed by atoms with Crippen molar-refractivity contribution in [1.29, 1.82) is 0 Å². The predicted molar refractivity (Wildman–Crippen MR) is 120 cm³/mol. The molecule has 0 aliphatic rings. The van der Waals surface area contributed by atoms with Gasteiger partial charge in [0.05, 0.1) is 11.1 Å². The second kappa shape index (κ2) is 9.24. The first-order valence-corrected chi connectivity index (χ1v) is 10.7. The monoisotopic (exact) mass is 405 g/mol. The fraction of sp³-hybridized carbons (Fsp3) is 0.400.